The number of ketones is 2. The van der Waals surface area contributed by atoms with Crippen molar-refractivity contribution >= 4 is 35.1 Å². The van der Waals surface area contributed by atoms with Crippen molar-refractivity contribution in [3.63, 3.8) is 0 Å². The molecule has 0 unspecified atom stereocenters. The Balaban J connectivity index is 1.87. The molecular formula is C22H20O2S. The van der Waals surface area contributed by atoms with E-state index in [1.54, 1.807) is 11.3 Å². The van der Waals surface area contributed by atoms with Crippen LogP contribution in [0, 0.1) is 0 Å². The van der Waals surface area contributed by atoms with E-state index >= 15 is 0 Å². The van der Waals surface area contributed by atoms with Crippen molar-refractivity contribution in [2.24, 2.45) is 0 Å². The summed E-state index contributed by atoms with van der Waals surface area (Å²) in [7, 11) is 0. The highest BCUT2D eigenvalue weighted by Gasteiger charge is 2.14. The summed E-state index contributed by atoms with van der Waals surface area (Å²) in [6.07, 6.45) is 11.9. The molecule has 0 amide bonds. The Morgan fingerprint density at radius 1 is 0.640 bits per heavy atom. The molecule has 1 aromatic rings. The molecule has 0 bridgehead atoms. The lowest BCUT2D eigenvalue weighted by atomic mass is 9.95. The van der Waals surface area contributed by atoms with Gasteiger partial charge in [-0.05, 0) is 110 Å². The van der Waals surface area contributed by atoms with Gasteiger partial charge in [-0.15, -0.1) is 11.3 Å². The summed E-state index contributed by atoms with van der Waals surface area (Å²) in [6, 6.07) is 4.15. The first-order valence-corrected chi connectivity index (χ1v) is 9.01. The van der Waals surface area contributed by atoms with Crippen molar-refractivity contribution in [3.8, 4) is 0 Å². The van der Waals surface area contributed by atoms with Crippen LogP contribution in [0.25, 0.3) is 12.2 Å². The average Bonchev–Trinajstić information content (AvgIpc) is 2.97. The summed E-state index contributed by atoms with van der Waals surface area (Å²) in [4.78, 5) is 25.9. The first-order valence-electron chi connectivity index (χ1n) is 8.19. The molecule has 0 spiro atoms. The molecule has 1 heterocycles. The van der Waals surface area contributed by atoms with Gasteiger partial charge in [-0.25, -0.2) is 0 Å². The lowest BCUT2D eigenvalue weighted by Gasteiger charge is -2.09. The number of Topliss-reactive ketones (excluding diaryl/α,β-unsaturated/α-hetero) is 2. The van der Waals surface area contributed by atoms with Gasteiger partial charge in [-0.1, -0.05) is 0 Å². The van der Waals surface area contributed by atoms with Crippen LogP contribution < -0.4 is 0 Å². The molecule has 3 rings (SSSR count). The van der Waals surface area contributed by atoms with E-state index in [0.29, 0.717) is 0 Å². The average molecular weight is 348 g/mol. The van der Waals surface area contributed by atoms with Gasteiger partial charge in [0, 0.05) is 9.75 Å². The quantitative estimate of drug-likeness (QED) is 0.710. The Bertz CT molecular complexity index is 831. The highest BCUT2D eigenvalue weighted by molar-refractivity contribution is 7.13. The lowest BCUT2D eigenvalue weighted by molar-refractivity contribution is -0.113. The normalized spacial score (nSPS) is 17.8. The minimum atomic E-state index is 0.116. The number of rotatable bonds is 2. The zero-order valence-corrected chi connectivity index (χ0v) is 15.7. The van der Waals surface area contributed by atoms with Crippen molar-refractivity contribution in [2.75, 3.05) is 0 Å². The van der Waals surface area contributed by atoms with Crippen molar-refractivity contribution in [2.45, 2.75) is 27.7 Å². The van der Waals surface area contributed by atoms with Crippen LogP contribution in [0.4, 0.5) is 0 Å². The third kappa shape index (κ3) is 3.77. The van der Waals surface area contributed by atoms with Crippen LogP contribution in [-0.2, 0) is 9.59 Å². The number of hydrogen-bond donors (Lipinski definition) is 0. The molecule has 2 aliphatic carbocycles. The minimum Gasteiger partial charge on any atom is -0.289 e. The third-order valence-corrected chi connectivity index (χ3v) is 5.21. The molecule has 2 nitrogen and oxygen atoms in total. The van der Waals surface area contributed by atoms with Gasteiger partial charge in [-0.3, -0.25) is 9.59 Å². The van der Waals surface area contributed by atoms with E-state index in [9.17, 15) is 9.59 Å². The summed E-state index contributed by atoms with van der Waals surface area (Å²) in [5, 5.41) is 0. The van der Waals surface area contributed by atoms with Gasteiger partial charge >= 0.3 is 0 Å². The highest BCUT2D eigenvalue weighted by Crippen LogP contribution is 2.27. The molecular weight excluding hydrogens is 328 g/mol. The summed E-state index contributed by atoms with van der Waals surface area (Å²) in [5.74, 6) is 0.231. The molecule has 0 radical (unpaired) electrons. The van der Waals surface area contributed by atoms with Crippen LogP contribution >= 0.6 is 11.3 Å². The maximum Gasteiger partial charge on any atom is 0.184 e. The number of carbonyl (C=O) groups is 2. The van der Waals surface area contributed by atoms with E-state index in [4.69, 9.17) is 0 Å². The number of thiophene rings is 1. The second-order valence-electron chi connectivity index (χ2n) is 6.50. The van der Waals surface area contributed by atoms with Crippen LogP contribution in [0.5, 0.6) is 0 Å². The van der Waals surface area contributed by atoms with E-state index in [1.165, 1.54) is 0 Å². The summed E-state index contributed by atoms with van der Waals surface area (Å²) in [6.45, 7) is 7.41. The van der Waals surface area contributed by atoms with Gasteiger partial charge in [0.05, 0.1) is 0 Å². The topological polar surface area (TPSA) is 34.1 Å². The second-order valence-corrected chi connectivity index (χ2v) is 7.64. The van der Waals surface area contributed by atoms with Crippen molar-refractivity contribution in [1.82, 2.24) is 0 Å². The van der Waals surface area contributed by atoms with Gasteiger partial charge in [0.1, 0.15) is 0 Å². The molecule has 0 N–H and O–H groups in total. The van der Waals surface area contributed by atoms with Gasteiger partial charge in [0.15, 0.2) is 11.6 Å². The van der Waals surface area contributed by atoms with E-state index in [0.717, 1.165) is 43.2 Å². The summed E-state index contributed by atoms with van der Waals surface area (Å²) >= 11 is 1.69. The molecule has 25 heavy (non-hydrogen) atoms. The number of allylic oxidation sites excluding steroid dienone is 10. The SMILES string of the molecule is CC1=CC(=Cc2ccc(C=C3C=C(C)C(=O)C(C)=C3)s2)C=C(C)C1=O. The summed E-state index contributed by atoms with van der Waals surface area (Å²) in [5.41, 5.74) is 5.20. The molecule has 0 aromatic carbocycles. The molecule has 0 saturated carbocycles. The lowest BCUT2D eigenvalue weighted by Crippen LogP contribution is -2.05. The van der Waals surface area contributed by atoms with E-state index < -0.39 is 0 Å². The molecule has 1 aromatic heterocycles. The second kappa shape index (κ2) is 6.77. The molecule has 0 fully saturated rings. The first-order chi connectivity index (χ1) is 11.8. The maximum absolute atomic E-state index is 11.8. The molecule has 3 heteroatoms. The van der Waals surface area contributed by atoms with E-state index in [1.807, 2.05) is 52.0 Å². The Labute approximate surface area is 152 Å². The van der Waals surface area contributed by atoms with E-state index in [-0.39, 0.29) is 11.6 Å². The minimum absolute atomic E-state index is 0.116. The van der Waals surface area contributed by atoms with Crippen molar-refractivity contribution in [3.05, 3.63) is 79.6 Å². The molecule has 0 saturated heterocycles. The highest BCUT2D eigenvalue weighted by atomic mass is 32.1. The standard InChI is InChI=1S/C22H20O2S/c1-13-7-17(8-14(2)21(13)23)11-19-5-6-20(25-19)12-18-9-15(3)22(24)16(4)10-18/h5-12H,1-4H3. The van der Waals surface area contributed by atoms with Gasteiger partial charge in [-0.2, -0.15) is 0 Å². The van der Waals surface area contributed by atoms with Gasteiger partial charge in [0.25, 0.3) is 0 Å². The number of carbonyl (C=O) groups excluding carboxylic acids is 2. The Morgan fingerprint density at radius 3 is 1.28 bits per heavy atom. The fourth-order valence-electron chi connectivity index (χ4n) is 2.99. The number of hydrogen-bond acceptors (Lipinski definition) is 3. The molecule has 0 atom stereocenters. The van der Waals surface area contributed by atoms with Gasteiger partial charge in [0.2, 0.25) is 0 Å². The predicted molar refractivity (Wildman–Crippen MR) is 105 cm³/mol. The fraction of sp³-hybridized carbons (Fsp3) is 0.182. The predicted octanol–water partition coefficient (Wildman–Crippen LogP) is 5.47. The van der Waals surface area contributed by atoms with Crippen molar-refractivity contribution < 1.29 is 9.59 Å². The monoisotopic (exact) mass is 348 g/mol. The Kier molecular flexibility index (Phi) is 4.69. The molecule has 126 valence electrons. The zero-order valence-electron chi connectivity index (χ0n) is 14.8. The van der Waals surface area contributed by atoms with Crippen LogP contribution in [0.2, 0.25) is 0 Å². The van der Waals surface area contributed by atoms with Gasteiger partial charge < -0.3 is 0 Å². The summed E-state index contributed by atoms with van der Waals surface area (Å²) < 4.78 is 0. The largest absolute Gasteiger partial charge is 0.289 e. The Morgan fingerprint density at radius 2 is 0.960 bits per heavy atom. The first kappa shape index (κ1) is 17.3. The smallest absolute Gasteiger partial charge is 0.184 e. The van der Waals surface area contributed by atoms with Crippen molar-refractivity contribution in [1.29, 1.82) is 0 Å². The molecule has 0 aliphatic heterocycles. The zero-order chi connectivity index (χ0) is 18.1. The van der Waals surface area contributed by atoms with Crippen LogP contribution in [0.3, 0.4) is 0 Å². The Hall–Kier alpha value is -2.52. The maximum atomic E-state index is 11.8. The van der Waals surface area contributed by atoms with Crippen LogP contribution in [0.15, 0.2) is 69.9 Å². The fourth-order valence-corrected chi connectivity index (χ4v) is 3.92. The van der Waals surface area contributed by atoms with Crippen LogP contribution in [0.1, 0.15) is 37.4 Å². The van der Waals surface area contributed by atoms with E-state index in [2.05, 4.69) is 24.3 Å². The van der Waals surface area contributed by atoms with Crippen LogP contribution in [-0.4, -0.2) is 11.6 Å². The third-order valence-electron chi connectivity index (χ3n) is 4.23. The molecule has 2 aliphatic rings.